The van der Waals surface area contributed by atoms with E-state index in [-0.39, 0.29) is 17.6 Å². The van der Waals surface area contributed by atoms with Gasteiger partial charge in [-0.2, -0.15) is 0 Å². The van der Waals surface area contributed by atoms with Gasteiger partial charge in [0.2, 0.25) is 0 Å². The number of nitrogens with zero attached hydrogens (tertiary/aromatic N) is 1. The number of benzene rings is 2. The predicted octanol–water partition coefficient (Wildman–Crippen LogP) is 3.71. The van der Waals surface area contributed by atoms with Crippen LogP contribution in [0.5, 0.6) is 0 Å². The van der Waals surface area contributed by atoms with Gasteiger partial charge in [-0.1, -0.05) is 24.3 Å². The van der Waals surface area contributed by atoms with Gasteiger partial charge in [0.25, 0.3) is 11.8 Å². The third-order valence-electron chi connectivity index (χ3n) is 6.45. The van der Waals surface area contributed by atoms with E-state index in [9.17, 15) is 14.0 Å². The van der Waals surface area contributed by atoms with Crippen LogP contribution in [-0.2, 0) is 9.53 Å². The first kappa shape index (κ1) is 26.0. The predicted molar refractivity (Wildman–Crippen MR) is 142 cm³/mol. The molecule has 0 spiro atoms. The van der Waals surface area contributed by atoms with Gasteiger partial charge < -0.3 is 25.7 Å². The topological polar surface area (TPSA) is 94.5 Å². The second kappa shape index (κ2) is 11.8. The van der Waals surface area contributed by atoms with E-state index in [2.05, 4.69) is 10.6 Å². The lowest BCUT2D eigenvalue weighted by molar-refractivity contribution is -0.117. The van der Waals surface area contributed by atoms with Crippen LogP contribution in [0.3, 0.4) is 0 Å². The molecular formula is C29H31FN4O3. The smallest absolute Gasteiger partial charge is 0.253 e. The third-order valence-corrected chi connectivity index (χ3v) is 6.45. The number of nitrogens with one attached hydrogen (secondary N) is 3. The van der Waals surface area contributed by atoms with Crippen molar-refractivity contribution in [1.29, 1.82) is 5.41 Å². The van der Waals surface area contributed by atoms with E-state index >= 15 is 0 Å². The normalized spacial score (nSPS) is 16.7. The van der Waals surface area contributed by atoms with E-state index in [1.54, 1.807) is 49.7 Å². The summed E-state index contributed by atoms with van der Waals surface area (Å²) in [6, 6.07) is 13.6. The maximum Gasteiger partial charge on any atom is 0.253 e. The summed E-state index contributed by atoms with van der Waals surface area (Å²) in [6.45, 7) is 4.63. The van der Waals surface area contributed by atoms with Crippen LogP contribution in [0, 0.1) is 17.1 Å². The maximum absolute atomic E-state index is 13.1. The minimum Gasteiger partial charge on any atom is -0.390 e. The Bertz CT molecular complexity index is 1260. The number of methoxy groups -OCH3 is 1. The first-order valence-corrected chi connectivity index (χ1v) is 12.2. The van der Waals surface area contributed by atoms with Crippen LogP contribution >= 0.6 is 0 Å². The standard InChI is InChI=1S/C29H31FN4O3/c1-19-13-27(31)24(14-26(19)28(35)33-11-12-37-2)16-32-15-20-17-34(18-20)29(36)23-5-3-21(4-6-23)22-7-9-25(30)10-8-22/h3-10,13-14,16,20,31-32H,11-12,15,17-18H2,1-2H3,(H,33,35)/b24-16-,31-27?. The molecule has 1 heterocycles. The Morgan fingerprint density at radius 3 is 2.38 bits per heavy atom. The molecule has 2 amide bonds. The average molecular weight is 503 g/mol. The van der Waals surface area contributed by atoms with Gasteiger partial charge in [-0.25, -0.2) is 4.39 Å². The molecule has 37 heavy (non-hydrogen) atoms. The molecule has 0 unspecified atom stereocenters. The lowest BCUT2D eigenvalue weighted by atomic mass is 9.93. The van der Waals surface area contributed by atoms with E-state index in [4.69, 9.17) is 10.1 Å². The summed E-state index contributed by atoms with van der Waals surface area (Å²) in [7, 11) is 1.58. The van der Waals surface area contributed by atoms with Gasteiger partial charge in [0.15, 0.2) is 0 Å². The van der Waals surface area contributed by atoms with E-state index in [1.165, 1.54) is 12.1 Å². The molecule has 0 atom stereocenters. The molecule has 8 heteroatoms. The molecule has 0 aromatic heterocycles. The van der Waals surface area contributed by atoms with Crippen LogP contribution in [0.4, 0.5) is 4.39 Å². The van der Waals surface area contributed by atoms with Gasteiger partial charge in [-0.3, -0.25) is 9.59 Å². The fourth-order valence-electron chi connectivity index (χ4n) is 4.28. The summed E-state index contributed by atoms with van der Waals surface area (Å²) in [5.74, 6) is -0.181. The molecule has 1 aliphatic carbocycles. The van der Waals surface area contributed by atoms with Crippen molar-refractivity contribution in [3.63, 3.8) is 0 Å². The molecule has 4 rings (SSSR count). The number of hydrogen-bond donors (Lipinski definition) is 3. The van der Waals surface area contributed by atoms with Crippen LogP contribution in [0.15, 0.2) is 83.6 Å². The number of carbonyl (C=O) groups is 2. The number of amides is 2. The second-order valence-corrected chi connectivity index (χ2v) is 9.22. The fourth-order valence-corrected chi connectivity index (χ4v) is 4.28. The molecule has 7 nitrogen and oxygen atoms in total. The summed E-state index contributed by atoms with van der Waals surface area (Å²) in [5.41, 5.74) is 4.71. The quantitative estimate of drug-likeness (QED) is 0.456. The summed E-state index contributed by atoms with van der Waals surface area (Å²) < 4.78 is 18.1. The van der Waals surface area contributed by atoms with Crippen molar-refractivity contribution in [2.24, 2.45) is 5.92 Å². The van der Waals surface area contributed by atoms with E-state index in [0.29, 0.717) is 61.1 Å². The number of carbonyl (C=O) groups excluding carboxylic acids is 2. The summed E-state index contributed by atoms with van der Waals surface area (Å²) in [4.78, 5) is 27.1. The van der Waals surface area contributed by atoms with Crippen LogP contribution in [-0.4, -0.2) is 62.3 Å². The number of likely N-dealkylation sites (tertiary alicyclic amines) is 1. The van der Waals surface area contributed by atoms with Crippen molar-refractivity contribution in [1.82, 2.24) is 15.5 Å². The Morgan fingerprint density at radius 2 is 1.73 bits per heavy atom. The first-order chi connectivity index (χ1) is 17.9. The monoisotopic (exact) mass is 502 g/mol. The number of allylic oxidation sites excluding steroid dienone is 3. The van der Waals surface area contributed by atoms with Crippen molar-refractivity contribution in [3.05, 3.63) is 95.0 Å². The van der Waals surface area contributed by atoms with Gasteiger partial charge in [0.1, 0.15) is 5.82 Å². The Morgan fingerprint density at radius 1 is 1.08 bits per heavy atom. The molecule has 3 N–H and O–H groups in total. The van der Waals surface area contributed by atoms with E-state index in [1.807, 2.05) is 24.0 Å². The van der Waals surface area contributed by atoms with E-state index in [0.717, 1.165) is 16.7 Å². The number of ether oxygens (including phenoxy) is 1. The molecule has 192 valence electrons. The van der Waals surface area contributed by atoms with Gasteiger partial charge >= 0.3 is 0 Å². The molecular weight excluding hydrogens is 471 g/mol. The maximum atomic E-state index is 13.1. The van der Waals surface area contributed by atoms with Crippen LogP contribution in [0.25, 0.3) is 11.1 Å². The Labute approximate surface area is 216 Å². The molecule has 1 fully saturated rings. The van der Waals surface area contributed by atoms with Crippen molar-refractivity contribution in [2.45, 2.75) is 6.92 Å². The molecule has 2 aliphatic rings. The molecule has 2 aromatic carbocycles. The average Bonchev–Trinajstić information content (AvgIpc) is 2.87. The molecule has 0 saturated carbocycles. The van der Waals surface area contributed by atoms with Gasteiger partial charge in [-0.15, -0.1) is 0 Å². The number of hydrogen-bond acceptors (Lipinski definition) is 5. The third kappa shape index (κ3) is 6.40. The highest BCUT2D eigenvalue weighted by Crippen LogP contribution is 2.23. The van der Waals surface area contributed by atoms with Crippen LogP contribution in [0.1, 0.15) is 17.3 Å². The summed E-state index contributed by atoms with van der Waals surface area (Å²) in [5, 5.41) is 14.3. The van der Waals surface area contributed by atoms with Crippen LogP contribution < -0.4 is 10.6 Å². The zero-order valence-corrected chi connectivity index (χ0v) is 21.0. The molecule has 1 aliphatic heterocycles. The van der Waals surface area contributed by atoms with Crippen molar-refractivity contribution >= 4 is 17.5 Å². The zero-order chi connectivity index (χ0) is 26.4. The Hall–Kier alpha value is -4.04. The highest BCUT2D eigenvalue weighted by Gasteiger charge is 2.30. The molecule has 2 aromatic rings. The number of halogens is 1. The number of rotatable bonds is 9. The van der Waals surface area contributed by atoms with Gasteiger partial charge in [0.05, 0.1) is 12.3 Å². The Kier molecular flexibility index (Phi) is 8.30. The molecule has 1 saturated heterocycles. The van der Waals surface area contributed by atoms with Crippen LogP contribution in [0.2, 0.25) is 0 Å². The molecule has 0 radical (unpaired) electrons. The lowest BCUT2D eigenvalue weighted by Crippen LogP contribution is -2.52. The second-order valence-electron chi connectivity index (χ2n) is 9.22. The minimum absolute atomic E-state index is 0.0120. The highest BCUT2D eigenvalue weighted by molar-refractivity contribution is 6.14. The largest absolute Gasteiger partial charge is 0.390 e. The zero-order valence-electron chi connectivity index (χ0n) is 21.0. The fraction of sp³-hybridized carbons (Fsp3) is 0.276. The van der Waals surface area contributed by atoms with Crippen molar-refractivity contribution in [3.8, 4) is 11.1 Å². The van der Waals surface area contributed by atoms with E-state index < -0.39 is 0 Å². The summed E-state index contributed by atoms with van der Waals surface area (Å²) in [6.07, 6.45) is 5.16. The van der Waals surface area contributed by atoms with Gasteiger partial charge in [-0.05, 0) is 60.0 Å². The van der Waals surface area contributed by atoms with Gasteiger partial charge in [0, 0.05) is 62.1 Å². The summed E-state index contributed by atoms with van der Waals surface area (Å²) >= 11 is 0. The molecule has 0 bridgehead atoms. The SMILES string of the molecule is COCCNC(=O)C1=C/C(=C/NCC2CN(C(=O)c3ccc(-c4ccc(F)cc4)cc3)C2)C(=N)C=C1C. The highest BCUT2D eigenvalue weighted by atomic mass is 19.1. The van der Waals surface area contributed by atoms with Crippen molar-refractivity contribution < 1.29 is 18.7 Å². The Balaban J connectivity index is 1.27. The van der Waals surface area contributed by atoms with Crippen molar-refractivity contribution in [2.75, 3.05) is 39.9 Å². The first-order valence-electron chi connectivity index (χ1n) is 12.2. The lowest BCUT2D eigenvalue weighted by Gasteiger charge is -2.39. The minimum atomic E-state index is -0.278.